The normalized spacial score (nSPS) is 13.1. The number of rotatable bonds is 4. The minimum atomic E-state index is -0.669. The van der Waals surface area contributed by atoms with Crippen LogP contribution in [0.1, 0.15) is 22.3 Å². The van der Waals surface area contributed by atoms with E-state index in [0.717, 1.165) is 33.8 Å². The summed E-state index contributed by atoms with van der Waals surface area (Å²) in [4.78, 5) is 2.39. The maximum Gasteiger partial charge on any atom is 0.123 e. The molecule has 0 aromatic heterocycles. The number of anilines is 3. The van der Waals surface area contributed by atoms with Gasteiger partial charge in [0.25, 0.3) is 0 Å². The Balaban J connectivity index is 1.13. The average Bonchev–Trinajstić information content (AvgIpc) is 3.74. The molecule has 2 heteroatoms. The zero-order chi connectivity index (χ0) is 37.7. The molecule has 2 aliphatic rings. The number of hydrogen-bond acceptors (Lipinski definition) is 1. The summed E-state index contributed by atoms with van der Waals surface area (Å²) >= 11 is 0. The topological polar surface area (TPSA) is 3.24 Å². The van der Waals surface area contributed by atoms with Crippen molar-refractivity contribution >= 4 is 49.4 Å². The highest BCUT2D eigenvalue weighted by Crippen LogP contribution is 2.63. The van der Waals surface area contributed by atoms with E-state index in [-0.39, 0.29) is 5.82 Å². The van der Waals surface area contributed by atoms with Crippen molar-refractivity contribution in [3.63, 3.8) is 0 Å². The van der Waals surface area contributed by atoms with Crippen molar-refractivity contribution in [2.75, 3.05) is 4.90 Å². The van der Waals surface area contributed by atoms with Crippen LogP contribution in [0.15, 0.2) is 206 Å². The van der Waals surface area contributed by atoms with Crippen LogP contribution in [0.25, 0.3) is 65.7 Å². The summed E-state index contributed by atoms with van der Waals surface area (Å²) in [5.74, 6) is -0.223. The summed E-state index contributed by atoms with van der Waals surface area (Å²) < 4.78 is 15.5. The van der Waals surface area contributed by atoms with Crippen LogP contribution in [0.2, 0.25) is 0 Å². The number of fused-ring (bicyclic) bond motifs is 16. The predicted octanol–water partition coefficient (Wildman–Crippen LogP) is 14.8. The minimum absolute atomic E-state index is 0.223. The van der Waals surface area contributed by atoms with Gasteiger partial charge in [-0.3, -0.25) is 0 Å². The first-order chi connectivity index (χ1) is 28.2. The molecule has 0 radical (unpaired) electrons. The standard InChI is InChI=1S/C55H34FN/c56-37-24-29-48-49-31-28-40(34-54(49)55(53(48)32-37)51-20-10-8-18-46(51)47-19-9-11-21-52(47)55)57(38-25-22-36(23-26-38)35-12-2-1-3-13-35)39-27-30-45-43-16-5-4-14-41(43)42-15-6-7-17-44(42)50(45)33-39/h1-34H. The molecule has 2 aliphatic carbocycles. The molecule has 0 unspecified atom stereocenters. The fourth-order valence-corrected chi connectivity index (χ4v) is 10.2. The number of halogens is 1. The van der Waals surface area contributed by atoms with E-state index in [9.17, 15) is 0 Å². The largest absolute Gasteiger partial charge is 0.310 e. The molecule has 266 valence electrons. The molecule has 12 rings (SSSR count). The van der Waals surface area contributed by atoms with Crippen molar-refractivity contribution in [3.05, 3.63) is 234 Å². The van der Waals surface area contributed by atoms with E-state index in [0.29, 0.717) is 0 Å². The molecule has 0 saturated carbocycles. The monoisotopic (exact) mass is 727 g/mol. The number of hydrogen-bond donors (Lipinski definition) is 0. The Labute approximate surface area is 330 Å². The van der Waals surface area contributed by atoms with Gasteiger partial charge < -0.3 is 4.90 Å². The minimum Gasteiger partial charge on any atom is -0.310 e. The van der Waals surface area contributed by atoms with Gasteiger partial charge in [-0.25, -0.2) is 4.39 Å². The van der Waals surface area contributed by atoms with Crippen LogP contribution in [0.5, 0.6) is 0 Å². The highest BCUT2D eigenvalue weighted by molar-refractivity contribution is 6.25. The lowest BCUT2D eigenvalue weighted by Gasteiger charge is -2.32. The molecule has 0 saturated heterocycles. The molecular weight excluding hydrogens is 694 g/mol. The van der Waals surface area contributed by atoms with Crippen molar-refractivity contribution in [2.24, 2.45) is 0 Å². The van der Waals surface area contributed by atoms with Crippen LogP contribution < -0.4 is 4.90 Å². The van der Waals surface area contributed by atoms with Crippen molar-refractivity contribution in [1.82, 2.24) is 0 Å². The first-order valence-electron chi connectivity index (χ1n) is 19.6. The summed E-state index contributed by atoms with van der Waals surface area (Å²) in [7, 11) is 0. The van der Waals surface area contributed by atoms with Gasteiger partial charge in [-0.1, -0.05) is 158 Å². The van der Waals surface area contributed by atoms with Gasteiger partial charge in [-0.05, 0) is 136 Å². The van der Waals surface area contributed by atoms with E-state index in [1.165, 1.54) is 71.3 Å². The Kier molecular flexibility index (Phi) is 6.80. The Morgan fingerprint density at radius 3 is 1.39 bits per heavy atom. The van der Waals surface area contributed by atoms with Crippen LogP contribution in [-0.2, 0) is 5.41 Å². The molecule has 0 heterocycles. The molecule has 0 aliphatic heterocycles. The van der Waals surface area contributed by atoms with E-state index in [1.807, 2.05) is 6.07 Å². The molecule has 0 N–H and O–H groups in total. The number of nitrogens with zero attached hydrogens (tertiary/aromatic N) is 1. The van der Waals surface area contributed by atoms with E-state index >= 15 is 4.39 Å². The van der Waals surface area contributed by atoms with E-state index in [4.69, 9.17) is 0 Å². The van der Waals surface area contributed by atoms with Crippen molar-refractivity contribution in [3.8, 4) is 33.4 Å². The Morgan fingerprint density at radius 2 is 0.737 bits per heavy atom. The first-order valence-corrected chi connectivity index (χ1v) is 19.6. The molecule has 0 bridgehead atoms. The van der Waals surface area contributed by atoms with Gasteiger partial charge in [0, 0.05) is 17.1 Å². The van der Waals surface area contributed by atoms with Crippen LogP contribution in [-0.4, -0.2) is 0 Å². The second-order valence-electron chi connectivity index (χ2n) is 15.3. The van der Waals surface area contributed by atoms with Crippen LogP contribution in [0, 0.1) is 5.82 Å². The van der Waals surface area contributed by atoms with Gasteiger partial charge in [0.1, 0.15) is 5.82 Å². The quantitative estimate of drug-likeness (QED) is 0.163. The summed E-state index contributed by atoms with van der Waals surface area (Å²) in [5.41, 5.74) is 14.0. The van der Waals surface area contributed by atoms with Crippen molar-refractivity contribution in [2.45, 2.75) is 5.41 Å². The van der Waals surface area contributed by atoms with Crippen molar-refractivity contribution in [1.29, 1.82) is 0 Å². The molecule has 1 nitrogen and oxygen atoms in total. The zero-order valence-electron chi connectivity index (χ0n) is 31.0. The SMILES string of the molecule is Fc1ccc2c(c1)C1(c3ccccc3-c3ccccc31)c1cc(N(c3ccc(-c4ccccc4)cc3)c3ccc4c5ccccc5c5ccccc5c4c3)ccc1-2. The van der Waals surface area contributed by atoms with Gasteiger partial charge in [-0.15, -0.1) is 0 Å². The van der Waals surface area contributed by atoms with Gasteiger partial charge >= 0.3 is 0 Å². The summed E-state index contributed by atoms with van der Waals surface area (Å²) in [5, 5.41) is 7.44. The lowest BCUT2D eigenvalue weighted by molar-refractivity contribution is 0.622. The third-order valence-corrected chi connectivity index (χ3v) is 12.5. The lowest BCUT2D eigenvalue weighted by Crippen LogP contribution is -2.26. The van der Waals surface area contributed by atoms with Crippen LogP contribution in [0.3, 0.4) is 0 Å². The van der Waals surface area contributed by atoms with Gasteiger partial charge in [0.15, 0.2) is 0 Å². The molecule has 0 amide bonds. The first kappa shape index (κ1) is 32.0. The third-order valence-electron chi connectivity index (χ3n) is 12.5. The molecule has 1 spiro atoms. The van der Waals surface area contributed by atoms with E-state index < -0.39 is 5.41 Å². The van der Waals surface area contributed by atoms with E-state index in [2.05, 4.69) is 193 Å². The molecule has 0 fully saturated rings. The van der Waals surface area contributed by atoms with Gasteiger partial charge in [0.05, 0.1) is 5.41 Å². The molecular formula is C55H34FN. The molecule has 10 aromatic rings. The third kappa shape index (κ3) is 4.50. The molecule has 0 atom stereocenters. The summed E-state index contributed by atoms with van der Waals surface area (Å²) in [6.45, 7) is 0. The highest BCUT2D eigenvalue weighted by Gasteiger charge is 2.52. The second kappa shape index (κ2) is 12.1. The Morgan fingerprint density at radius 1 is 0.298 bits per heavy atom. The summed E-state index contributed by atoms with van der Waals surface area (Å²) in [6.07, 6.45) is 0. The Hall–Kier alpha value is -7.29. The predicted molar refractivity (Wildman–Crippen MR) is 235 cm³/mol. The second-order valence-corrected chi connectivity index (χ2v) is 15.3. The Bertz CT molecular complexity index is 3170. The summed E-state index contributed by atoms with van der Waals surface area (Å²) in [6, 6.07) is 73.5. The highest BCUT2D eigenvalue weighted by atomic mass is 19.1. The van der Waals surface area contributed by atoms with E-state index in [1.54, 1.807) is 12.1 Å². The van der Waals surface area contributed by atoms with Gasteiger partial charge in [-0.2, -0.15) is 0 Å². The van der Waals surface area contributed by atoms with Crippen LogP contribution in [0.4, 0.5) is 21.5 Å². The smallest absolute Gasteiger partial charge is 0.123 e. The maximum absolute atomic E-state index is 15.5. The number of benzene rings is 10. The van der Waals surface area contributed by atoms with Crippen molar-refractivity contribution < 1.29 is 4.39 Å². The zero-order valence-corrected chi connectivity index (χ0v) is 31.0. The lowest BCUT2D eigenvalue weighted by atomic mass is 9.70. The van der Waals surface area contributed by atoms with Crippen LogP contribution >= 0.6 is 0 Å². The maximum atomic E-state index is 15.5. The fourth-order valence-electron chi connectivity index (χ4n) is 10.2. The van der Waals surface area contributed by atoms with Gasteiger partial charge in [0.2, 0.25) is 0 Å². The fraction of sp³-hybridized carbons (Fsp3) is 0.0182. The average molecular weight is 728 g/mol. The molecule has 57 heavy (non-hydrogen) atoms. The molecule has 10 aromatic carbocycles.